The summed E-state index contributed by atoms with van der Waals surface area (Å²) >= 11 is 1.75. The Hall–Kier alpha value is -0.450. The molecule has 1 atom stereocenters. The minimum atomic E-state index is 0.444. The van der Waals surface area contributed by atoms with Crippen LogP contribution in [-0.2, 0) is 6.54 Å². The van der Waals surface area contributed by atoms with Crippen LogP contribution in [0.5, 0.6) is 0 Å². The lowest BCUT2D eigenvalue weighted by Gasteiger charge is -2.23. The van der Waals surface area contributed by atoms with Crippen molar-refractivity contribution in [2.45, 2.75) is 26.8 Å². The average Bonchev–Trinajstić information content (AvgIpc) is 2.75. The predicted molar refractivity (Wildman–Crippen MR) is 68.8 cm³/mol. The van der Waals surface area contributed by atoms with E-state index in [1.165, 1.54) is 30.2 Å². The van der Waals surface area contributed by atoms with Crippen molar-refractivity contribution in [1.29, 1.82) is 0 Å². The number of nitrogens with zero attached hydrogens (tertiary/aromatic N) is 2. The van der Waals surface area contributed by atoms with Crippen LogP contribution in [0.15, 0.2) is 5.38 Å². The van der Waals surface area contributed by atoms with Gasteiger partial charge in [-0.25, -0.2) is 4.98 Å². The fourth-order valence-corrected chi connectivity index (χ4v) is 3.15. The van der Waals surface area contributed by atoms with Crippen LogP contribution in [0.3, 0.4) is 0 Å². The standard InChI is InChI=1S/C12H21N3S/c1-10-14-11(7-16-10)6-15-5-4-12(2,9-15)8-13-3/h7,13H,4-6,8-9H2,1-3H3. The first-order valence-electron chi connectivity index (χ1n) is 5.89. The fraction of sp³-hybridized carbons (Fsp3) is 0.750. The molecule has 2 heterocycles. The molecule has 3 nitrogen and oxygen atoms in total. The van der Waals surface area contributed by atoms with Gasteiger partial charge in [-0.05, 0) is 32.4 Å². The minimum absolute atomic E-state index is 0.444. The van der Waals surface area contributed by atoms with E-state index in [1.807, 2.05) is 7.05 Å². The molecule has 2 rings (SSSR count). The summed E-state index contributed by atoms with van der Waals surface area (Å²) in [6.07, 6.45) is 1.29. The number of rotatable bonds is 4. The molecule has 1 aliphatic rings. The molecule has 1 aliphatic heterocycles. The molecular weight excluding hydrogens is 218 g/mol. The van der Waals surface area contributed by atoms with Gasteiger partial charge in [-0.15, -0.1) is 11.3 Å². The van der Waals surface area contributed by atoms with E-state index in [1.54, 1.807) is 11.3 Å². The summed E-state index contributed by atoms with van der Waals surface area (Å²) < 4.78 is 0. The van der Waals surface area contributed by atoms with Gasteiger partial charge in [0.25, 0.3) is 0 Å². The molecule has 0 aliphatic carbocycles. The van der Waals surface area contributed by atoms with Crippen LogP contribution in [0.25, 0.3) is 0 Å². The fourth-order valence-electron chi connectivity index (χ4n) is 2.54. The SMILES string of the molecule is CNCC1(C)CCN(Cc2csc(C)n2)C1. The summed E-state index contributed by atoms with van der Waals surface area (Å²) in [5.41, 5.74) is 1.68. The molecule has 0 spiro atoms. The quantitative estimate of drug-likeness (QED) is 0.869. The first-order valence-corrected chi connectivity index (χ1v) is 6.77. The van der Waals surface area contributed by atoms with Gasteiger partial charge in [0.05, 0.1) is 10.7 Å². The van der Waals surface area contributed by atoms with Crippen LogP contribution in [0.1, 0.15) is 24.0 Å². The van der Waals surface area contributed by atoms with E-state index < -0.39 is 0 Å². The number of aromatic nitrogens is 1. The molecule has 0 saturated carbocycles. The third-order valence-electron chi connectivity index (χ3n) is 3.29. The Kier molecular flexibility index (Phi) is 3.62. The zero-order valence-corrected chi connectivity index (χ0v) is 11.2. The normalized spacial score (nSPS) is 26.4. The average molecular weight is 239 g/mol. The summed E-state index contributed by atoms with van der Waals surface area (Å²) in [5.74, 6) is 0. The van der Waals surface area contributed by atoms with Crippen LogP contribution in [0, 0.1) is 12.3 Å². The number of aryl methyl sites for hydroxylation is 1. The number of likely N-dealkylation sites (tertiary alicyclic amines) is 1. The first kappa shape index (κ1) is 12.0. The zero-order valence-electron chi connectivity index (χ0n) is 10.4. The van der Waals surface area contributed by atoms with Crippen molar-refractivity contribution in [1.82, 2.24) is 15.2 Å². The number of nitrogens with one attached hydrogen (secondary N) is 1. The van der Waals surface area contributed by atoms with Crippen molar-refractivity contribution in [2.24, 2.45) is 5.41 Å². The molecule has 0 aromatic carbocycles. The molecule has 90 valence electrons. The molecule has 16 heavy (non-hydrogen) atoms. The highest BCUT2D eigenvalue weighted by Crippen LogP contribution is 2.30. The molecule has 1 fully saturated rings. The molecule has 1 saturated heterocycles. The first-order chi connectivity index (χ1) is 7.61. The second-order valence-corrected chi connectivity index (χ2v) is 6.22. The second-order valence-electron chi connectivity index (χ2n) is 5.16. The Morgan fingerprint density at radius 2 is 2.44 bits per heavy atom. The van der Waals surface area contributed by atoms with E-state index in [9.17, 15) is 0 Å². The predicted octanol–water partition coefficient (Wildman–Crippen LogP) is 1.88. The van der Waals surface area contributed by atoms with Gasteiger partial charge in [0, 0.05) is 25.0 Å². The van der Waals surface area contributed by atoms with E-state index in [0.29, 0.717) is 5.41 Å². The molecule has 4 heteroatoms. The summed E-state index contributed by atoms with van der Waals surface area (Å²) in [6, 6.07) is 0. The van der Waals surface area contributed by atoms with Gasteiger partial charge in [-0.1, -0.05) is 6.92 Å². The maximum Gasteiger partial charge on any atom is 0.0897 e. The Balaban J connectivity index is 1.89. The third-order valence-corrected chi connectivity index (χ3v) is 4.11. The summed E-state index contributed by atoms with van der Waals surface area (Å²) in [4.78, 5) is 7.05. The molecule has 1 unspecified atom stereocenters. The van der Waals surface area contributed by atoms with Crippen LogP contribution in [0.4, 0.5) is 0 Å². The Labute approximate surface area is 102 Å². The van der Waals surface area contributed by atoms with Gasteiger partial charge in [0.15, 0.2) is 0 Å². The van der Waals surface area contributed by atoms with E-state index >= 15 is 0 Å². The Bertz CT molecular complexity index is 350. The smallest absolute Gasteiger partial charge is 0.0897 e. The van der Waals surface area contributed by atoms with E-state index in [0.717, 1.165) is 13.1 Å². The van der Waals surface area contributed by atoms with Crippen molar-refractivity contribution < 1.29 is 0 Å². The molecule has 0 amide bonds. The van der Waals surface area contributed by atoms with E-state index in [-0.39, 0.29) is 0 Å². The van der Waals surface area contributed by atoms with Gasteiger partial charge in [-0.3, -0.25) is 4.90 Å². The van der Waals surface area contributed by atoms with Crippen LogP contribution in [-0.4, -0.2) is 36.6 Å². The zero-order chi connectivity index (χ0) is 11.6. The number of thiazole rings is 1. The van der Waals surface area contributed by atoms with Crippen LogP contribution < -0.4 is 5.32 Å². The lowest BCUT2D eigenvalue weighted by atomic mass is 9.90. The molecule has 1 aromatic rings. The van der Waals surface area contributed by atoms with E-state index in [4.69, 9.17) is 0 Å². The highest BCUT2D eigenvalue weighted by molar-refractivity contribution is 7.09. The van der Waals surface area contributed by atoms with Gasteiger partial charge in [0.2, 0.25) is 0 Å². The van der Waals surface area contributed by atoms with Crippen molar-refractivity contribution in [2.75, 3.05) is 26.7 Å². The monoisotopic (exact) mass is 239 g/mol. The van der Waals surface area contributed by atoms with E-state index in [2.05, 4.69) is 34.4 Å². The summed E-state index contributed by atoms with van der Waals surface area (Å²) in [6.45, 7) is 8.96. The number of hydrogen-bond donors (Lipinski definition) is 1. The number of hydrogen-bond acceptors (Lipinski definition) is 4. The lowest BCUT2D eigenvalue weighted by molar-refractivity contribution is 0.263. The summed E-state index contributed by atoms with van der Waals surface area (Å²) in [7, 11) is 2.04. The maximum absolute atomic E-state index is 4.53. The maximum atomic E-state index is 4.53. The third kappa shape index (κ3) is 2.81. The molecule has 0 radical (unpaired) electrons. The molecular formula is C12H21N3S. The Morgan fingerprint density at radius 1 is 1.62 bits per heavy atom. The van der Waals surface area contributed by atoms with Crippen LogP contribution >= 0.6 is 11.3 Å². The summed E-state index contributed by atoms with van der Waals surface area (Å²) in [5, 5.41) is 6.66. The van der Waals surface area contributed by atoms with Crippen LogP contribution in [0.2, 0.25) is 0 Å². The molecule has 1 N–H and O–H groups in total. The largest absolute Gasteiger partial charge is 0.319 e. The van der Waals surface area contributed by atoms with Gasteiger partial charge >= 0.3 is 0 Å². The molecule has 1 aromatic heterocycles. The van der Waals surface area contributed by atoms with Crippen molar-refractivity contribution in [3.63, 3.8) is 0 Å². The van der Waals surface area contributed by atoms with Crippen molar-refractivity contribution >= 4 is 11.3 Å². The van der Waals surface area contributed by atoms with Crippen molar-refractivity contribution in [3.8, 4) is 0 Å². The highest BCUT2D eigenvalue weighted by atomic mass is 32.1. The highest BCUT2D eigenvalue weighted by Gasteiger charge is 2.33. The minimum Gasteiger partial charge on any atom is -0.319 e. The van der Waals surface area contributed by atoms with Gasteiger partial charge < -0.3 is 5.32 Å². The second kappa shape index (κ2) is 4.82. The lowest BCUT2D eigenvalue weighted by Crippen LogP contribution is -2.32. The topological polar surface area (TPSA) is 28.2 Å². The van der Waals surface area contributed by atoms with Gasteiger partial charge in [-0.2, -0.15) is 0 Å². The van der Waals surface area contributed by atoms with Gasteiger partial charge in [0.1, 0.15) is 0 Å². The molecule has 0 bridgehead atoms. The Morgan fingerprint density at radius 3 is 3.06 bits per heavy atom. The van der Waals surface area contributed by atoms with Crippen molar-refractivity contribution in [3.05, 3.63) is 16.1 Å².